The summed E-state index contributed by atoms with van der Waals surface area (Å²) in [6.45, 7) is 6.07. The number of aliphatic hydroxyl groups is 2. The highest BCUT2D eigenvalue weighted by Crippen LogP contribution is 2.24. The molecule has 0 fully saturated rings. The molecule has 0 bridgehead atoms. The average Bonchev–Trinajstić information content (AvgIpc) is 2.15. The second-order valence-electron chi connectivity index (χ2n) is 3.88. The molecule has 0 saturated carbocycles. The molecular formula is C12H24O2. The fourth-order valence-corrected chi connectivity index (χ4v) is 1.73. The first kappa shape index (κ1) is 13.7. The average molecular weight is 200 g/mol. The van der Waals surface area contributed by atoms with E-state index < -0.39 is 11.7 Å². The van der Waals surface area contributed by atoms with Gasteiger partial charge < -0.3 is 10.2 Å². The van der Waals surface area contributed by atoms with Crippen LogP contribution in [-0.4, -0.2) is 21.9 Å². The first-order chi connectivity index (χ1) is 6.60. The monoisotopic (exact) mass is 200 g/mol. The molecule has 0 aromatic rings. The quantitative estimate of drug-likeness (QED) is 0.620. The van der Waals surface area contributed by atoms with E-state index in [1.165, 1.54) is 0 Å². The molecule has 0 heterocycles. The SMILES string of the molecule is CCC=CC(O)C(O)(CCC)CCC. The van der Waals surface area contributed by atoms with Gasteiger partial charge in [-0.2, -0.15) is 0 Å². The Morgan fingerprint density at radius 1 is 1.14 bits per heavy atom. The van der Waals surface area contributed by atoms with Crippen molar-refractivity contribution in [1.82, 2.24) is 0 Å². The number of aliphatic hydroxyl groups excluding tert-OH is 1. The van der Waals surface area contributed by atoms with E-state index in [9.17, 15) is 10.2 Å². The van der Waals surface area contributed by atoms with E-state index in [-0.39, 0.29) is 0 Å². The standard InChI is InChI=1S/C12H24O2/c1-4-7-8-11(13)12(14,9-5-2)10-6-3/h7-8,11,13-14H,4-6,9-10H2,1-3H3. The van der Waals surface area contributed by atoms with E-state index in [2.05, 4.69) is 0 Å². The van der Waals surface area contributed by atoms with Crippen molar-refractivity contribution in [3.8, 4) is 0 Å². The number of hydrogen-bond donors (Lipinski definition) is 2. The Morgan fingerprint density at radius 3 is 2.00 bits per heavy atom. The molecule has 0 aromatic carbocycles. The van der Waals surface area contributed by atoms with Crippen LogP contribution in [0.1, 0.15) is 52.9 Å². The largest absolute Gasteiger partial charge is 0.387 e. The molecule has 2 N–H and O–H groups in total. The van der Waals surface area contributed by atoms with Crippen molar-refractivity contribution in [2.45, 2.75) is 64.6 Å². The molecule has 0 aromatic heterocycles. The van der Waals surface area contributed by atoms with Gasteiger partial charge in [0.25, 0.3) is 0 Å². The molecule has 0 saturated heterocycles. The van der Waals surface area contributed by atoms with Gasteiger partial charge >= 0.3 is 0 Å². The molecule has 14 heavy (non-hydrogen) atoms. The van der Waals surface area contributed by atoms with Crippen LogP contribution in [0.3, 0.4) is 0 Å². The Kier molecular flexibility index (Phi) is 6.85. The summed E-state index contributed by atoms with van der Waals surface area (Å²) in [4.78, 5) is 0. The summed E-state index contributed by atoms with van der Waals surface area (Å²) in [5, 5.41) is 20.0. The molecule has 0 aliphatic carbocycles. The topological polar surface area (TPSA) is 40.5 Å². The van der Waals surface area contributed by atoms with Crippen LogP contribution >= 0.6 is 0 Å². The van der Waals surface area contributed by atoms with Crippen LogP contribution in [0.15, 0.2) is 12.2 Å². The molecule has 1 unspecified atom stereocenters. The molecule has 0 radical (unpaired) electrons. The number of rotatable bonds is 7. The normalized spacial score (nSPS) is 14.9. The summed E-state index contributed by atoms with van der Waals surface area (Å²) in [5.74, 6) is 0. The van der Waals surface area contributed by atoms with Gasteiger partial charge in [0.1, 0.15) is 6.10 Å². The zero-order valence-electron chi connectivity index (χ0n) is 9.66. The molecule has 0 spiro atoms. The summed E-state index contributed by atoms with van der Waals surface area (Å²) >= 11 is 0. The van der Waals surface area contributed by atoms with Gasteiger partial charge in [-0.05, 0) is 19.3 Å². The zero-order chi connectivity index (χ0) is 11.0. The minimum absolute atomic E-state index is 0.663. The smallest absolute Gasteiger partial charge is 0.101 e. The lowest BCUT2D eigenvalue weighted by Gasteiger charge is -2.31. The second-order valence-corrected chi connectivity index (χ2v) is 3.88. The lowest BCUT2D eigenvalue weighted by molar-refractivity contribution is -0.0648. The minimum atomic E-state index is -0.921. The van der Waals surface area contributed by atoms with E-state index in [1.54, 1.807) is 6.08 Å². The highest BCUT2D eigenvalue weighted by atomic mass is 16.3. The van der Waals surface area contributed by atoms with Crippen LogP contribution in [0.2, 0.25) is 0 Å². The minimum Gasteiger partial charge on any atom is -0.387 e. The van der Waals surface area contributed by atoms with Gasteiger partial charge in [0.05, 0.1) is 5.60 Å². The Hall–Kier alpha value is -0.340. The summed E-state index contributed by atoms with van der Waals surface area (Å²) in [7, 11) is 0. The Balaban J connectivity index is 4.37. The van der Waals surface area contributed by atoms with Crippen molar-refractivity contribution in [2.24, 2.45) is 0 Å². The van der Waals surface area contributed by atoms with E-state index in [0.29, 0.717) is 12.8 Å². The van der Waals surface area contributed by atoms with Gasteiger partial charge in [0, 0.05) is 0 Å². The van der Waals surface area contributed by atoms with Crippen LogP contribution in [-0.2, 0) is 0 Å². The van der Waals surface area contributed by atoms with E-state index >= 15 is 0 Å². The first-order valence-corrected chi connectivity index (χ1v) is 5.67. The molecule has 1 atom stereocenters. The van der Waals surface area contributed by atoms with Gasteiger partial charge in [-0.25, -0.2) is 0 Å². The first-order valence-electron chi connectivity index (χ1n) is 5.67. The van der Waals surface area contributed by atoms with Crippen molar-refractivity contribution < 1.29 is 10.2 Å². The Morgan fingerprint density at radius 2 is 1.64 bits per heavy atom. The third-order valence-corrected chi connectivity index (χ3v) is 2.47. The molecule has 2 heteroatoms. The van der Waals surface area contributed by atoms with Crippen LogP contribution in [0.4, 0.5) is 0 Å². The van der Waals surface area contributed by atoms with Crippen molar-refractivity contribution in [3.05, 3.63) is 12.2 Å². The van der Waals surface area contributed by atoms with Gasteiger partial charge in [-0.1, -0.05) is 45.8 Å². The van der Waals surface area contributed by atoms with Crippen LogP contribution in [0.25, 0.3) is 0 Å². The second kappa shape index (κ2) is 7.02. The Labute approximate surface area is 87.7 Å². The maximum Gasteiger partial charge on any atom is 0.101 e. The number of allylic oxidation sites excluding steroid dienone is 1. The van der Waals surface area contributed by atoms with Crippen LogP contribution in [0.5, 0.6) is 0 Å². The molecule has 0 amide bonds. The van der Waals surface area contributed by atoms with Gasteiger partial charge in [0.2, 0.25) is 0 Å². The van der Waals surface area contributed by atoms with Crippen molar-refractivity contribution in [1.29, 1.82) is 0 Å². The highest BCUT2D eigenvalue weighted by molar-refractivity contribution is 4.99. The van der Waals surface area contributed by atoms with Gasteiger partial charge in [0.15, 0.2) is 0 Å². The summed E-state index contributed by atoms with van der Waals surface area (Å²) in [5.41, 5.74) is -0.921. The van der Waals surface area contributed by atoms with E-state index in [4.69, 9.17) is 0 Å². The van der Waals surface area contributed by atoms with Crippen molar-refractivity contribution in [2.75, 3.05) is 0 Å². The maximum absolute atomic E-state index is 10.2. The van der Waals surface area contributed by atoms with Crippen LogP contribution in [0, 0.1) is 0 Å². The highest BCUT2D eigenvalue weighted by Gasteiger charge is 2.31. The molecule has 0 aliphatic heterocycles. The predicted molar refractivity (Wildman–Crippen MR) is 60.2 cm³/mol. The lowest BCUT2D eigenvalue weighted by Crippen LogP contribution is -2.40. The fraction of sp³-hybridized carbons (Fsp3) is 0.833. The maximum atomic E-state index is 10.2. The zero-order valence-corrected chi connectivity index (χ0v) is 9.66. The Bertz CT molecular complexity index is 158. The summed E-state index contributed by atoms with van der Waals surface area (Å²) < 4.78 is 0. The molecule has 0 aliphatic rings. The summed E-state index contributed by atoms with van der Waals surface area (Å²) in [6.07, 6.45) is 6.91. The molecule has 0 rings (SSSR count). The summed E-state index contributed by atoms with van der Waals surface area (Å²) in [6, 6.07) is 0. The third kappa shape index (κ3) is 4.25. The fourth-order valence-electron chi connectivity index (χ4n) is 1.73. The van der Waals surface area contributed by atoms with E-state index in [0.717, 1.165) is 19.3 Å². The number of hydrogen-bond acceptors (Lipinski definition) is 2. The lowest BCUT2D eigenvalue weighted by atomic mass is 9.86. The third-order valence-electron chi connectivity index (χ3n) is 2.47. The predicted octanol–water partition coefficient (Wildman–Crippen LogP) is 2.64. The molecular weight excluding hydrogens is 176 g/mol. The van der Waals surface area contributed by atoms with Gasteiger partial charge in [-0.15, -0.1) is 0 Å². The van der Waals surface area contributed by atoms with Crippen molar-refractivity contribution in [3.63, 3.8) is 0 Å². The van der Waals surface area contributed by atoms with Gasteiger partial charge in [-0.3, -0.25) is 0 Å². The van der Waals surface area contributed by atoms with E-state index in [1.807, 2.05) is 26.8 Å². The molecule has 2 nitrogen and oxygen atoms in total. The molecule has 84 valence electrons. The van der Waals surface area contributed by atoms with Crippen LogP contribution < -0.4 is 0 Å². The van der Waals surface area contributed by atoms with Crippen molar-refractivity contribution >= 4 is 0 Å².